The van der Waals surface area contributed by atoms with Crippen LogP contribution in [0.15, 0.2) is 224 Å². The average Bonchev–Trinajstić information content (AvgIpc) is 3.93. The molecule has 3 aromatic heterocycles. The van der Waals surface area contributed by atoms with Crippen LogP contribution in [0.25, 0.3) is 100 Å². The van der Waals surface area contributed by atoms with E-state index in [9.17, 15) is 0 Å². The topological polar surface area (TPSA) is 48.5 Å². The van der Waals surface area contributed by atoms with Gasteiger partial charge in [-0.1, -0.05) is 181 Å². The maximum absolute atomic E-state index is 5.31. The van der Waals surface area contributed by atoms with Crippen LogP contribution in [0.4, 0.5) is 0 Å². The van der Waals surface area contributed by atoms with Crippen molar-refractivity contribution in [3.63, 3.8) is 0 Å². The van der Waals surface area contributed by atoms with Gasteiger partial charge in [-0.15, -0.1) is 0 Å². The van der Waals surface area contributed by atoms with Crippen molar-refractivity contribution in [1.82, 2.24) is 24.1 Å². The third kappa shape index (κ3) is 7.28. The van der Waals surface area contributed by atoms with Gasteiger partial charge in [-0.25, -0.2) is 15.0 Å². The predicted octanol–water partition coefficient (Wildman–Crippen LogP) is 16.6. The van der Waals surface area contributed by atoms with Crippen LogP contribution in [-0.2, 0) is 0 Å². The van der Waals surface area contributed by atoms with Crippen LogP contribution in [0.2, 0.25) is 0 Å². The number of rotatable bonds is 8. The van der Waals surface area contributed by atoms with E-state index in [1.165, 1.54) is 71.7 Å². The Labute approximate surface area is 413 Å². The molecule has 0 spiro atoms. The molecule has 5 nitrogen and oxygen atoms in total. The highest BCUT2D eigenvalue weighted by molar-refractivity contribution is 6.15. The van der Waals surface area contributed by atoms with Crippen molar-refractivity contribution in [3.8, 4) is 39.6 Å². The van der Waals surface area contributed by atoms with E-state index in [1.807, 2.05) is 36.4 Å². The highest BCUT2D eigenvalue weighted by Gasteiger charge is 2.32. The Hall–Kier alpha value is -8.93. The fraction of sp³-hybridized carbons (Fsp3) is 0.0758. The predicted molar refractivity (Wildman–Crippen MR) is 295 cm³/mol. The summed E-state index contributed by atoms with van der Waals surface area (Å²) in [5.74, 6) is 1.90. The van der Waals surface area contributed by atoms with Gasteiger partial charge in [0.2, 0.25) is 0 Å². The molecular weight excluding hydrogens is 863 g/mol. The van der Waals surface area contributed by atoms with E-state index in [1.54, 1.807) is 0 Å². The number of fused-ring (bicyclic) bond motifs is 6. The van der Waals surface area contributed by atoms with E-state index in [2.05, 4.69) is 218 Å². The zero-order chi connectivity index (χ0) is 47.6. The summed E-state index contributed by atoms with van der Waals surface area (Å²) in [5.41, 5.74) is 19.8. The Balaban J connectivity index is 1.12. The minimum atomic E-state index is -0.0828. The molecule has 338 valence electrons. The van der Waals surface area contributed by atoms with Crippen molar-refractivity contribution >= 4 is 60.5 Å². The van der Waals surface area contributed by atoms with Gasteiger partial charge < -0.3 is 9.13 Å². The minimum Gasteiger partial charge on any atom is -0.312 e. The summed E-state index contributed by atoms with van der Waals surface area (Å²) in [6.45, 7) is 6.68. The highest BCUT2D eigenvalue weighted by Crippen LogP contribution is 2.50. The number of aromatic nitrogens is 5. The lowest BCUT2D eigenvalue weighted by Crippen LogP contribution is -2.16. The normalized spacial score (nSPS) is 14.0. The van der Waals surface area contributed by atoms with Crippen LogP contribution in [0.3, 0.4) is 0 Å². The third-order valence-electron chi connectivity index (χ3n) is 14.4. The molecule has 0 aliphatic heterocycles. The van der Waals surface area contributed by atoms with Crippen LogP contribution < -0.4 is 0 Å². The molecule has 3 heterocycles. The number of para-hydroxylation sites is 2. The summed E-state index contributed by atoms with van der Waals surface area (Å²) >= 11 is 0. The Morgan fingerprint density at radius 2 is 0.873 bits per heavy atom. The number of aryl methyl sites for hydroxylation is 3. The molecule has 0 N–H and O–H groups in total. The fourth-order valence-corrected chi connectivity index (χ4v) is 11.4. The molecule has 0 fully saturated rings. The lowest BCUT2D eigenvalue weighted by Gasteiger charge is -2.31. The molecule has 71 heavy (non-hydrogen) atoms. The van der Waals surface area contributed by atoms with Gasteiger partial charge in [-0.05, 0) is 115 Å². The number of benzene rings is 9. The van der Waals surface area contributed by atoms with E-state index >= 15 is 0 Å². The largest absolute Gasteiger partial charge is 0.312 e. The molecule has 0 radical (unpaired) electrons. The van der Waals surface area contributed by atoms with Crippen molar-refractivity contribution < 1.29 is 0 Å². The number of allylic oxidation sites excluding steroid dienone is 4. The van der Waals surface area contributed by atoms with Gasteiger partial charge in [0.15, 0.2) is 17.5 Å². The maximum atomic E-state index is 5.31. The maximum Gasteiger partial charge on any atom is 0.164 e. The molecule has 1 aliphatic rings. The Morgan fingerprint density at radius 1 is 0.394 bits per heavy atom. The van der Waals surface area contributed by atoms with Crippen LogP contribution in [0.1, 0.15) is 46.0 Å². The van der Waals surface area contributed by atoms with Gasteiger partial charge in [0.1, 0.15) is 0 Å². The molecule has 1 unspecified atom stereocenters. The second-order valence-corrected chi connectivity index (χ2v) is 19.0. The number of nitrogens with zero attached hydrogens (tertiary/aromatic N) is 5. The molecule has 13 rings (SSSR count). The molecule has 9 aromatic carbocycles. The summed E-state index contributed by atoms with van der Waals surface area (Å²) in [6.07, 6.45) is 3.03. The number of hydrogen-bond donors (Lipinski definition) is 0. The quantitative estimate of drug-likeness (QED) is 0.153. The Bertz CT molecular complexity index is 3950. The molecule has 0 amide bonds. The summed E-state index contributed by atoms with van der Waals surface area (Å²) in [7, 11) is 0. The Kier molecular flexibility index (Phi) is 10.2. The molecular formula is C66H49N5. The van der Waals surface area contributed by atoms with Crippen molar-refractivity contribution in [1.29, 1.82) is 0 Å². The van der Waals surface area contributed by atoms with Crippen LogP contribution in [0.5, 0.6) is 0 Å². The third-order valence-corrected chi connectivity index (χ3v) is 14.4. The van der Waals surface area contributed by atoms with Crippen LogP contribution >= 0.6 is 0 Å². The molecule has 0 bridgehead atoms. The average molecular weight is 912 g/mol. The van der Waals surface area contributed by atoms with Gasteiger partial charge >= 0.3 is 0 Å². The van der Waals surface area contributed by atoms with E-state index in [4.69, 9.17) is 15.0 Å². The van der Waals surface area contributed by atoms with Gasteiger partial charge in [-0.3, -0.25) is 0 Å². The lowest BCUT2D eigenvalue weighted by atomic mass is 9.80. The monoisotopic (exact) mass is 911 g/mol. The van der Waals surface area contributed by atoms with Crippen molar-refractivity contribution in [2.45, 2.75) is 33.1 Å². The van der Waals surface area contributed by atoms with Gasteiger partial charge in [0.25, 0.3) is 0 Å². The highest BCUT2D eigenvalue weighted by atomic mass is 15.0. The molecule has 5 heteroatoms. The zero-order valence-corrected chi connectivity index (χ0v) is 39.9. The molecule has 0 saturated carbocycles. The Morgan fingerprint density at radius 3 is 1.46 bits per heavy atom. The first-order valence-corrected chi connectivity index (χ1v) is 24.5. The summed E-state index contributed by atoms with van der Waals surface area (Å²) < 4.78 is 5.01. The van der Waals surface area contributed by atoms with Crippen molar-refractivity contribution in [2.24, 2.45) is 0 Å². The van der Waals surface area contributed by atoms with E-state index < -0.39 is 0 Å². The van der Waals surface area contributed by atoms with Crippen molar-refractivity contribution in [3.05, 3.63) is 258 Å². The molecule has 0 saturated heterocycles. The van der Waals surface area contributed by atoms with E-state index in [0.29, 0.717) is 23.9 Å². The van der Waals surface area contributed by atoms with Crippen LogP contribution in [0, 0.1) is 20.8 Å². The first-order chi connectivity index (χ1) is 34.9. The first kappa shape index (κ1) is 42.2. The minimum absolute atomic E-state index is 0.0828. The lowest BCUT2D eigenvalue weighted by molar-refractivity contribution is 0.835. The summed E-state index contributed by atoms with van der Waals surface area (Å²) in [6, 6.07) is 78.8. The van der Waals surface area contributed by atoms with E-state index in [-0.39, 0.29) is 5.92 Å². The summed E-state index contributed by atoms with van der Waals surface area (Å²) in [4.78, 5) is 15.7. The van der Waals surface area contributed by atoms with Gasteiger partial charge in [0, 0.05) is 55.5 Å². The standard InChI is InChI=1S/C66H49N5/c1-42-36-43(2)62(44(3)37-42)49-32-34-60-56(38-49)57-41-51(70-58-30-18-16-28-52(58)53-29-17-19-31-59(53)70)33-35-61(57)71(60)63-54(45-20-8-4-9-21-45)39-50(40-55(63)46-22-10-5-11-23-46)66-68-64(47-24-12-6-13-25-47)67-65(69-66)48-26-14-7-15-27-48/h4-39,41,55H,40H2,1-3H3. The van der Waals surface area contributed by atoms with Gasteiger partial charge in [0.05, 0.1) is 22.1 Å². The SMILES string of the molecule is Cc1cc(C)c(-c2ccc3c(c2)c2cc(-n4c5ccccc5c5ccccc54)ccc2n3C2=C(c3ccccc3)C=C(c3nc(-c4ccccc4)nc(-c4ccccc4)n3)CC2c2ccccc2)c(C)c1. The molecule has 12 aromatic rings. The summed E-state index contributed by atoms with van der Waals surface area (Å²) in [5, 5.41) is 4.90. The van der Waals surface area contributed by atoms with E-state index in [0.717, 1.165) is 44.6 Å². The number of hydrogen-bond acceptors (Lipinski definition) is 3. The first-order valence-electron chi connectivity index (χ1n) is 24.5. The molecule has 1 atom stereocenters. The fourth-order valence-electron chi connectivity index (χ4n) is 11.4. The second-order valence-electron chi connectivity index (χ2n) is 19.0. The zero-order valence-electron chi connectivity index (χ0n) is 39.9. The molecule has 1 aliphatic carbocycles. The van der Waals surface area contributed by atoms with Crippen molar-refractivity contribution in [2.75, 3.05) is 0 Å². The smallest absolute Gasteiger partial charge is 0.164 e. The second kappa shape index (κ2) is 17.2. The van der Waals surface area contributed by atoms with Gasteiger partial charge in [-0.2, -0.15) is 0 Å². The van der Waals surface area contributed by atoms with Crippen LogP contribution in [-0.4, -0.2) is 24.1 Å².